The Labute approximate surface area is 342 Å². The highest BCUT2D eigenvalue weighted by Gasteiger charge is 2.63. The standard InChI is InChI=1S/C41H53F2N5O10S/c1-8-31-34(45-37(51)58-38(2,3)40(5,42)43)29-18-25(56-31)12-10-9-11-23-21-41(23,36(50)47-59(52,53)39(4)15-16-39)46-35(49)30-19-26(22-48(29)30)57-32-20-33(55-7)44-28-17-24(54-6)13-14-27(28)32/h9,11,13-14,17-18,20,23,25-26,30-31,34H,8,10,12,15-16,19,21-22H2,1-7H3,(H,45,51)(H,46,49)(H,47,50)/b11-9-/t23-,25+,26-,30+,31+,34-,41-/m1/s1. The van der Waals surface area contributed by atoms with Gasteiger partial charge in [-0.25, -0.2) is 27.0 Å². The Hall–Kier alpha value is -4.71. The van der Waals surface area contributed by atoms with Gasteiger partial charge in [-0.2, -0.15) is 0 Å². The van der Waals surface area contributed by atoms with Gasteiger partial charge < -0.3 is 39.2 Å². The molecular formula is C41H53F2N5O10S. The molecule has 0 spiro atoms. The highest BCUT2D eigenvalue weighted by molar-refractivity contribution is 7.91. The molecule has 2 aliphatic carbocycles. The minimum Gasteiger partial charge on any atom is -0.497 e. The zero-order chi connectivity index (χ0) is 42.7. The smallest absolute Gasteiger partial charge is 0.408 e. The van der Waals surface area contributed by atoms with Gasteiger partial charge in [-0.05, 0) is 77.5 Å². The van der Waals surface area contributed by atoms with Gasteiger partial charge in [0.2, 0.25) is 21.8 Å². The fourth-order valence-electron chi connectivity index (χ4n) is 7.89. The lowest BCUT2D eigenvalue weighted by atomic mass is 9.96. The Bertz CT molecular complexity index is 2170. The zero-order valence-corrected chi connectivity index (χ0v) is 35.1. The summed E-state index contributed by atoms with van der Waals surface area (Å²) in [7, 11) is -1.00. The number of alkyl halides is 2. The highest BCUT2D eigenvalue weighted by atomic mass is 32.2. The minimum atomic E-state index is -4.02. The number of amides is 3. The number of hydrogen-bond donors (Lipinski definition) is 3. The fourth-order valence-corrected chi connectivity index (χ4v) is 9.21. The van der Waals surface area contributed by atoms with Gasteiger partial charge in [0.25, 0.3) is 11.8 Å². The molecule has 5 aliphatic rings. The zero-order valence-electron chi connectivity index (χ0n) is 34.3. The van der Waals surface area contributed by atoms with Crippen LogP contribution < -0.4 is 29.6 Å². The number of aromatic nitrogens is 1. The van der Waals surface area contributed by atoms with Crippen LogP contribution in [0.15, 0.2) is 48.2 Å². The number of fused-ring (bicyclic) bond motifs is 5. The molecule has 3 fully saturated rings. The summed E-state index contributed by atoms with van der Waals surface area (Å²) in [6.45, 7) is 6.45. The second-order valence-corrected chi connectivity index (χ2v) is 19.2. The van der Waals surface area contributed by atoms with Crippen molar-refractivity contribution >= 4 is 38.8 Å². The molecule has 3 N–H and O–H groups in total. The van der Waals surface area contributed by atoms with Gasteiger partial charge >= 0.3 is 6.09 Å². The van der Waals surface area contributed by atoms with Gasteiger partial charge in [0, 0.05) is 42.5 Å². The number of nitrogens with zero attached hydrogens (tertiary/aromatic N) is 2. The number of sulfonamides is 1. The van der Waals surface area contributed by atoms with E-state index in [0.717, 1.165) is 13.8 Å². The number of alkyl carbamates (subject to hydrolysis) is 1. The van der Waals surface area contributed by atoms with Crippen LogP contribution in [0.4, 0.5) is 13.6 Å². The Morgan fingerprint density at radius 2 is 1.88 bits per heavy atom. The molecule has 2 saturated carbocycles. The number of hydrogen-bond acceptors (Lipinski definition) is 12. The van der Waals surface area contributed by atoms with Gasteiger partial charge in [0.15, 0.2) is 5.60 Å². The van der Waals surface area contributed by atoms with Gasteiger partial charge in [-0.3, -0.25) is 14.3 Å². The third-order valence-corrected chi connectivity index (χ3v) is 14.6. The topological polar surface area (TPSA) is 184 Å². The summed E-state index contributed by atoms with van der Waals surface area (Å²) in [6.07, 6.45) is 5.16. The average Bonchev–Trinajstić information content (AvgIpc) is 4.05. The number of halogens is 2. The quantitative estimate of drug-likeness (QED) is 0.261. The van der Waals surface area contributed by atoms with E-state index in [1.54, 1.807) is 43.2 Å². The molecule has 15 nitrogen and oxygen atoms in total. The van der Waals surface area contributed by atoms with E-state index in [0.29, 0.717) is 67.1 Å². The summed E-state index contributed by atoms with van der Waals surface area (Å²) in [6, 6.07) is 4.98. The van der Waals surface area contributed by atoms with E-state index in [1.807, 2.05) is 25.2 Å². The molecule has 322 valence electrons. The summed E-state index contributed by atoms with van der Waals surface area (Å²) in [5.74, 6) is -3.95. The highest BCUT2D eigenvalue weighted by Crippen LogP contribution is 2.48. The largest absolute Gasteiger partial charge is 0.497 e. The number of allylic oxidation sites excluding steroid dienone is 1. The van der Waals surface area contributed by atoms with Gasteiger partial charge in [0.05, 0.1) is 49.3 Å². The van der Waals surface area contributed by atoms with Crippen molar-refractivity contribution in [2.75, 3.05) is 20.8 Å². The van der Waals surface area contributed by atoms with Crippen molar-refractivity contribution in [3.63, 3.8) is 0 Å². The predicted octanol–water partition coefficient (Wildman–Crippen LogP) is 4.89. The molecule has 59 heavy (non-hydrogen) atoms. The van der Waals surface area contributed by atoms with Crippen LogP contribution in [0.25, 0.3) is 10.9 Å². The third-order valence-electron chi connectivity index (χ3n) is 12.4. The molecule has 1 aromatic heterocycles. The lowest BCUT2D eigenvalue weighted by Gasteiger charge is -2.42. The Morgan fingerprint density at radius 1 is 1.14 bits per heavy atom. The van der Waals surface area contributed by atoms with E-state index >= 15 is 0 Å². The number of carbonyl (C=O) groups is 3. The summed E-state index contributed by atoms with van der Waals surface area (Å²) in [5.41, 5.74) is -2.67. The maximum Gasteiger partial charge on any atom is 0.408 e. The van der Waals surface area contributed by atoms with Crippen LogP contribution in [-0.4, -0.2) is 109 Å². The molecular weight excluding hydrogens is 793 g/mol. The molecule has 1 saturated heterocycles. The summed E-state index contributed by atoms with van der Waals surface area (Å²) < 4.78 is 86.0. The van der Waals surface area contributed by atoms with Crippen molar-refractivity contribution in [2.45, 2.75) is 132 Å². The van der Waals surface area contributed by atoms with Crippen LogP contribution in [0, 0.1) is 5.92 Å². The molecule has 3 amide bonds. The van der Waals surface area contributed by atoms with Crippen LogP contribution in [0.3, 0.4) is 0 Å². The minimum absolute atomic E-state index is 0.0919. The monoisotopic (exact) mass is 845 g/mol. The average molecular weight is 846 g/mol. The van der Waals surface area contributed by atoms with Crippen molar-refractivity contribution < 1.29 is 55.3 Å². The molecule has 1 aromatic carbocycles. The van der Waals surface area contributed by atoms with E-state index in [9.17, 15) is 31.6 Å². The van der Waals surface area contributed by atoms with Crippen molar-refractivity contribution in [2.24, 2.45) is 5.92 Å². The maximum absolute atomic E-state index is 14.8. The van der Waals surface area contributed by atoms with Gasteiger partial charge in [-0.15, -0.1) is 0 Å². The van der Waals surface area contributed by atoms with Crippen molar-refractivity contribution in [3.05, 3.63) is 48.2 Å². The fraction of sp³-hybridized carbons (Fsp3) is 0.610. The summed E-state index contributed by atoms with van der Waals surface area (Å²) in [5, 5.41) is 6.38. The number of nitrogens with one attached hydrogen (secondary N) is 3. The lowest BCUT2D eigenvalue weighted by molar-refractivity contribution is -0.151. The van der Waals surface area contributed by atoms with E-state index in [1.165, 1.54) is 7.11 Å². The molecule has 3 aliphatic heterocycles. The third kappa shape index (κ3) is 8.26. The Kier molecular flexibility index (Phi) is 11.1. The molecule has 0 radical (unpaired) electrons. The molecule has 7 rings (SSSR count). The van der Waals surface area contributed by atoms with Crippen molar-refractivity contribution in [1.29, 1.82) is 0 Å². The van der Waals surface area contributed by atoms with Crippen LogP contribution in [0.5, 0.6) is 17.4 Å². The second kappa shape index (κ2) is 15.4. The van der Waals surface area contributed by atoms with E-state index in [-0.39, 0.29) is 25.3 Å². The molecule has 7 atom stereocenters. The first-order valence-electron chi connectivity index (χ1n) is 20.0. The van der Waals surface area contributed by atoms with Crippen LogP contribution in [-0.2, 0) is 29.1 Å². The Balaban J connectivity index is 1.26. The van der Waals surface area contributed by atoms with Gasteiger partial charge in [0.1, 0.15) is 29.2 Å². The number of pyridine rings is 1. The first kappa shape index (κ1) is 42.4. The number of ether oxygens (including phenoxy) is 5. The van der Waals surface area contributed by atoms with Crippen molar-refractivity contribution in [1.82, 2.24) is 25.2 Å². The normalized spacial score (nSPS) is 29.5. The number of carbonyl (C=O) groups excluding carboxylic acids is 3. The predicted molar refractivity (Wildman–Crippen MR) is 212 cm³/mol. The molecule has 2 aromatic rings. The van der Waals surface area contributed by atoms with E-state index in [4.69, 9.17) is 23.7 Å². The van der Waals surface area contributed by atoms with Crippen molar-refractivity contribution in [3.8, 4) is 17.4 Å². The van der Waals surface area contributed by atoms with Crippen LogP contribution in [0.2, 0.25) is 0 Å². The van der Waals surface area contributed by atoms with E-state index < -0.39 is 86.1 Å². The van der Waals surface area contributed by atoms with E-state index in [2.05, 4.69) is 20.3 Å². The lowest BCUT2D eigenvalue weighted by Crippen LogP contribution is -2.59. The first-order valence-corrected chi connectivity index (χ1v) is 21.5. The summed E-state index contributed by atoms with van der Waals surface area (Å²) in [4.78, 5) is 48.6. The van der Waals surface area contributed by atoms with Gasteiger partial charge in [-0.1, -0.05) is 19.1 Å². The number of rotatable bonds is 11. The first-order chi connectivity index (χ1) is 27.7. The molecule has 4 heterocycles. The number of methoxy groups -OCH3 is 2. The Morgan fingerprint density at radius 3 is 2.54 bits per heavy atom. The molecule has 18 heteroatoms. The summed E-state index contributed by atoms with van der Waals surface area (Å²) >= 11 is 0. The molecule has 0 unspecified atom stereocenters. The van der Waals surface area contributed by atoms with Crippen LogP contribution >= 0.6 is 0 Å². The molecule has 2 bridgehead atoms. The second-order valence-electron chi connectivity index (χ2n) is 17.0. The van der Waals surface area contributed by atoms with Crippen LogP contribution in [0.1, 0.15) is 79.6 Å². The number of benzene rings is 1. The maximum atomic E-state index is 14.8. The SMILES string of the molecule is CC[C@@H]1O[C@@H]2C=C([C@H]1NC(=O)OC(C)(C)C(C)(F)F)N1C[C@H](Oc3cc(OC)nc4cc(OC)ccc34)C[C@H]1C(=O)N[C@]1(C(=O)NS(=O)(=O)C3(C)CC3)C[C@H]1/C=C\CC2.